The average Bonchev–Trinajstić information content (AvgIpc) is 2.65. The van der Waals surface area contributed by atoms with Crippen LogP contribution in [-0.2, 0) is 0 Å². The Balaban J connectivity index is 1.60. The van der Waals surface area contributed by atoms with Crippen molar-refractivity contribution in [2.75, 3.05) is 6.54 Å². The van der Waals surface area contributed by atoms with E-state index in [0.717, 1.165) is 31.7 Å². The van der Waals surface area contributed by atoms with Gasteiger partial charge in [-0.25, -0.2) is 8.78 Å². The molecule has 3 unspecified atom stereocenters. The molecule has 0 spiro atoms. The molecule has 0 amide bonds. The third kappa shape index (κ3) is 3.25. The highest BCUT2D eigenvalue weighted by Crippen LogP contribution is 2.36. The predicted octanol–water partition coefficient (Wildman–Crippen LogP) is 2.38. The zero-order chi connectivity index (χ0) is 15.0. The van der Waals surface area contributed by atoms with Crippen LogP contribution in [0.5, 0.6) is 0 Å². The number of hydrogen-bond donors (Lipinski definition) is 2. The second-order valence-corrected chi connectivity index (χ2v) is 6.26. The van der Waals surface area contributed by atoms with Gasteiger partial charge in [0.05, 0.1) is 12.2 Å². The number of halogens is 2. The van der Waals surface area contributed by atoms with Gasteiger partial charge >= 0.3 is 0 Å². The van der Waals surface area contributed by atoms with Gasteiger partial charge in [-0.1, -0.05) is 0 Å². The fourth-order valence-corrected chi connectivity index (χ4v) is 3.82. The molecular formula is C16H21F2NO2. The molecule has 2 aliphatic heterocycles. The summed E-state index contributed by atoms with van der Waals surface area (Å²) in [6.07, 6.45) is 3.15. The zero-order valence-electron chi connectivity index (χ0n) is 11.9. The summed E-state index contributed by atoms with van der Waals surface area (Å²) >= 11 is 0. The van der Waals surface area contributed by atoms with Gasteiger partial charge in [-0.15, -0.1) is 0 Å². The van der Waals surface area contributed by atoms with Gasteiger partial charge in [0.15, 0.2) is 0 Å². The largest absolute Gasteiger partial charge is 0.393 e. The third-order valence-corrected chi connectivity index (χ3v) is 4.79. The fourth-order valence-electron chi connectivity index (χ4n) is 3.82. The van der Waals surface area contributed by atoms with E-state index >= 15 is 0 Å². The standard InChI is InChI=1S/C16H21F2NO2/c17-11-5-10(6-12(18)7-11)16(21)3-4-19-13-1-2-14(19)9-15(20)8-13/h5-7,13-16,20-21H,1-4,8-9H2. The van der Waals surface area contributed by atoms with E-state index in [1.165, 1.54) is 12.1 Å². The summed E-state index contributed by atoms with van der Waals surface area (Å²) in [6, 6.07) is 3.94. The number of piperidine rings is 1. The minimum atomic E-state index is -0.860. The minimum Gasteiger partial charge on any atom is -0.393 e. The zero-order valence-corrected chi connectivity index (χ0v) is 11.9. The molecule has 3 rings (SSSR count). The maximum atomic E-state index is 13.2. The second-order valence-electron chi connectivity index (χ2n) is 6.26. The molecule has 116 valence electrons. The van der Waals surface area contributed by atoms with Gasteiger partial charge in [0, 0.05) is 24.7 Å². The van der Waals surface area contributed by atoms with Gasteiger partial charge in [0.25, 0.3) is 0 Å². The molecule has 2 bridgehead atoms. The summed E-state index contributed by atoms with van der Waals surface area (Å²) in [5.74, 6) is -1.32. The molecule has 2 N–H and O–H groups in total. The van der Waals surface area contributed by atoms with Crippen LogP contribution in [0.25, 0.3) is 0 Å². The molecule has 3 atom stereocenters. The highest BCUT2D eigenvalue weighted by molar-refractivity contribution is 5.20. The Hall–Kier alpha value is -1.04. The summed E-state index contributed by atoms with van der Waals surface area (Å²) < 4.78 is 26.3. The first-order valence-corrected chi connectivity index (χ1v) is 7.61. The van der Waals surface area contributed by atoms with Crippen LogP contribution in [0, 0.1) is 11.6 Å². The van der Waals surface area contributed by atoms with E-state index in [1.807, 2.05) is 0 Å². The van der Waals surface area contributed by atoms with Crippen LogP contribution in [0.15, 0.2) is 18.2 Å². The Morgan fingerprint density at radius 1 is 1.10 bits per heavy atom. The molecule has 1 aromatic carbocycles. The van der Waals surface area contributed by atoms with E-state index in [2.05, 4.69) is 4.90 Å². The second kappa shape index (κ2) is 5.99. The first-order valence-electron chi connectivity index (χ1n) is 7.61. The predicted molar refractivity (Wildman–Crippen MR) is 74.7 cm³/mol. The Bertz CT molecular complexity index is 477. The molecular weight excluding hydrogens is 276 g/mol. The van der Waals surface area contributed by atoms with Crippen LogP contribution in [0.3, 0.4) is 0 Å². The summed E-state index contributed by atoms with van der Waals surface area (Å²) in [6.45, 7) is 0.696. The van der Waals surface area contributed by atoms with Crippen molar-refractivity contribution >= 4 is 0 Å². The van der Waals surface area contributed by atoms with Crippen LogP contribution in [0.2, 0.25) is 0 Å². The molecule has 2 saturated heterocycles. The molecule has 5 heteroatoms. The fraction of sp³-hybridized carbons (Fsp3) is 0.625. The van der Waals surface area contributed by atoms with Crippen molar-refractivity contribution in [1.82, 2.24) is 4.90 Å². The molecule has 0 radical (unpaired) electrons. The monoisotopic (exact) mass is 297 g/mol. The van der Waals surface area contributed by atoms with Crippen LogP contribution in [0.4, 0.5) is 8.78 Å². The first kappa shape index (κ1) is 14.9. The SMILES string of the molecule is OC1CC2CCC(C1)N2CCC(O)c1cc(F)cc(F)c1. The highest BCUT2D eigenvalue weighted by atomic mass is 19.1. The van der Waals surface area contributed by atoms with Gasteiger partial charge < -0.3 is 10.2 Å². The maximum Gasteiger partial charge on any atom is 0.126 e. The summed E-state index contributed by atoms with van der Waals surface area (Å²) in [7, 11) is 0. The maximum absolute atomic E-state index is 13.2. The topological polar surface area (TPSA) is 43.7 Å². The van der Waals surface area contributed by atoms with Crippen molar-refractivity contribution < 1.29 is 19.0 Å². The van der Waals surface area contributed by atoms with Gasteiger partial charge in [0.1, 0.15) is 11.6 Å². The normalized spacial score (nSPS) is 30.6. The molecule has 2 heterocycles. The first-order chi connectivity index (χ1) is 10.0. The number of fused-ring (bicyclic) bond motifs is 2. The Labute approximate surface area is 123 Å². The number of hydrogen-bond acceptors (Lipinski definition) is 3. The lowest BCUT2D eigenvalue weighted by Gasteiger charge is -2.37. The van der Waals surface area contributed by atoms with Crippen molar-refractivity contribution in [1.29, 1.82) is 0 Å². The number of rotatable bonds is 4. The number of nitrogens with zero attached hydrogens (tertiary/aromatic N) is 1. The number of benzene rings is 1. The van der Waals surface area contributed by atoms with Gasteiger partial charge in [0.2, 0.25) is 0 Å². The molecule has 2 aliphatic rings. The minimum absolute atomic E-state index is 0.207. The van der Waals surface area contributed by atoms with Crippen molar-refractivity contribution in [3.8, 4) is 0 Å². The molecule has 0 aliphatic carbocycles. The van der Waals surface area contributed by atoms with Crippen LogP contribution >= 0.6 is 0 Å². The number of aliphatic hydroxyl groups excluding tert-OH is 2. The Kier molecular flexibility index (Phi) is 4.24. The van der Waals surface area contributed by atoms with E-state index in [4.69, 9.17) is 0 Å². The van der Waals surface area contributed by atoms with Gasteiger partial charge in [-0.05, 0) is 49.8 Å². The van der Waals surface area contributed by atoms with E-state index in [9.17, 15) is 19.0 Å². The quantitative estimate of drug-likeness (QED) is 0.897. The van der Waals surface area contributed by atoms with Crippen LogP contribution in [0.1, 0.15) is 43.8 Å². The molecule has 21 heavy (non-hydrogen) atoms. The molecule has 3 nitrogen and oxygen atoms in total. The van der Waals surface area contributed by atoms with E-state index in [1.54, 1.807) is 0 Å². The average molecular weight is 297 g/mol. The highest BCUT2D eigenvalue weighted by Gasteiger charge is 2.39. The van der Waals surface area contributed by atoms with Crippen LogP contribution < -0.4 is 0 Å². The van der Waals surface area contributed by atoms with E-state index in [-0.39, 0.29) is 11.7 Å². The van der Waals surface area contributed by atoms with E-state index in [0.29, 0.717) is 25.0 Å². The third-order valence-electron chi connectivity index (χ3n) is 4.79. The van der Waals surface area contributed by atoms with Crippen molar-refractivity contribution in [3.05, 3.63) is 35.4 Å². The lowest BCUT2D eigenvalue weighted by Crippen LogP contribution is -2.45. The Morgan fingerprint density at radius 3 is 2.24 bits per heavy atom. The lowest BCUT2D eigenvalue weighted by atomic mass is 9.98. The van der Waals surface area contributed by atoms with E-state index < -0.39 is 17.7 Å². The van der Waals surface area contributed by atoms with Gasteiger partial charge in [-0.2, -0.15) is 0 Å². The Morgan fingerprint density at radius 2 is 1.67 bits per heavy atom. The summed E-state index contributed by atoms with van der Waals surface area (Å²) in [5, 5.41) is 19.9. The molecule has 2 fully saturated rings. The van der Waals surface area contributed by atoms with Gasteiger partial charge in [-0.3, -0.25) is 4.90 Å². The molecule has 1 aromatic rings. The van der Waals surface area contributed by atoms with Crippen molar-refractivity contribution in [3.63, 3.8) is 0 Å². The smallest absolute Gasteiger partial charge is 0.126 e. The molecule has 0 aromatic heterocycles. The molecule has 0 saturated carbocycles. The van der Waals surface area contributed by atoms with Crippen molar-refractivity contribution in [2.45, 2.75) is 56.4 Å². The van der Waals surface area contributed by atoms with Crippen LogP contribution in [-0.4, -0.2) is 39.8 Å². The lowest BCUT2D eigenvalue weighted by molar-refractivity contribution is 0.0265. The van der Waals surface area contributed by atoms with Crippen molar-refractivity contribution in [2.24, 2.45) is 0 Å². The summed E-state index contributed by atoms with van der Waals surface area (Å²) in [4.78, 5) is 2.34. The summed E-state index contributed by atoms with van der Waals surface area (Å²) in [5.41, 5.74) is 0.289. The number of aliphatic hydroxyl groups is 2.